The molecule has 4 atom stereocenters. The minimum Gasteiger partial charge on any atom is -0.497 e. The summed E-state index contributed by atoms with van der Waals surface area (Å²) in [5, 5.41) is -0.0178. The molecule has 2 fully saturated rings. The molecule has 0 unspecified atom stereocenters. The van der Waals surface area contributed by atoms with E-state index in [1.807, 2.05) is 6.92 Å². The first-order valence-electron chi connectivity index (χ1n) is 11.9. The Balaban J connectivity index is 1.52. The molecule has 2 aromatic rings. The van der Waals surface area contributed by atoms with E-state index in [0.717, 1.165) is 49.0 Å². The highest BCUT2D eigenvalue weighted by Crippen LogP contribution is 2.63. The first-order valence-corrected chi connectivity index (χ1v) is 13.4. The van der Waals surface area contributed by atoms with Crippen molar-refractivity contribution in [2.45, 2.75) is 63.2 Å². The number of fused-ring (bicyclic) bond motifs is 5. The zero-order valence-corrected chi connectivity index (χ0v) is 20.4. The van der Waals surface area contributed by atoms with Crippen LogP contribution in [0.1, 0.15) is 61.6 Å². The van der Waals surface area contributed by atoms with Crippen LogP contribution in [0.4, 0.5) is 0 Å². The third-order valence-electron chi connectivity index (χ3n) is 8.66. The molecule has 172 valence electrons. The molecule has 2 aromatic carbocycles. The molecule has 0 heterocycles. The van der Waals surface area contributed by atoms with E-state index < -0.39 is 9.84 Å². The van der Waals surface area contributed by atoms with Crippen LogP contribution in [0.3, 0.4) is 0 Å². The zero-order valence-electron chi connectivity index (χ0n) is 19.6. The molecule has 0 N–H and O–H groups in total. The first kappa shape index (κ1) is 22.2. The van der Waals surface area contributed by atoms with Gasteiger partial charge in [-0.3, -0.25) is 0 Å². The number of sulfone groups is 1. The topological polar surface area (TPSA) is 47.7 Å². The maximum Gasteiger partial charge on any atom is 0.282 e. The van der Waals surface area contributed by atoms with Gasteiger partial charge in [-0.1, -0.05) is 30.7 Å². The van der Waals surface area contributed by atoms with Crippen LogP contribution in [-0.2, 0) is 16.3 Å². The largest absolute Gasteiger partial charge is 0.497 e. The summed E-state index contributed by atoms with van der Waals surface area (Å²) in [7, 11) is -2.10. The normalized spacial score (nSPS) is 29.9. The highest BCUT2D eigenvalue weighted by Gasteiger charge is 2.54. The maximum atomic E-state index is 13.5. The quantitative estimate of drug-likeness (QED) is 0.493. The Labute approximate surface area is 197 Å². The number of aryl methyl sites for hydroxylation is 2. The molecule has 3 aliphatic rings. The van der Waals surface area contributed by atoms with E-state index in [2.05, 4.69) is 30.0 Å². The van der Waals surface area contributed by atoms with Crippen molar-refractivity contribution in [3.63, 3.8) is 0 Å². The molecule has 2 saturated carbocycles. The Morgan fingerprint density at radius 2 is 1.85 bits per heavy atom. The second-order valence-electron chi connectivity index (χ2n) is 10.2. The van der Waals surface area contributed by atoms with Crippen LogP contribution in [0.2, 0.25) is 0 Å². The van der Waals surface area contributed by atoms with Gasteiger partial charge >= 0.3 is 0 Å². The average Bonchev–Trinajstić information content (AvgIpc) is 3.16. The summed E-state index contributed by atoms with van der Waals surface area (Å²) in [5.74, 6) is 2.40. The lowest BCUT2D eigenvalue weighted by Crippen LogP contribution is -2.40. The lowest BCUT2D eigenvalue weighted by molar-refractivity contribution is 0.0812. The van der Waals surface area contributed by atoms with Crippen LogP contribution in [0, 0.1) is 30.7 Å². The van der Waals surface area contributed by atoms with Gasteiger partial charge in [-0.15, -0.1) is 0 Å². The first-order chi connectivity index (χ1) is 15.8. The van der Waals surface area contributed by atoms with Gasteiger partial charge in [-0.2, -0.15) is 0 Å². The second kappa shape index (κ2) is 8.02. The van der Waals surface area contributed by atoms with E-state index in [4.69, 9.17) is 11.3 Å². The predicted octanol–water partition coefficient (Wildman–Crippen LogP) is 6.46. The minimum atomic E-state index is -3.81. The van der Waals surface area contributed by atoms with Gasteiger partial charge in [-0.05, 0) is 110 Å². The van der Waals surface area contributed by atoms with Crippen LogP contribution in [0.15, 0.2) is 58.0 Å². The van der Waals surface area contributed by atoms with E-state index in [-0.39, 0.29) is 15.3 Å². The maximum absolute atomic E-state index is 13.5. The highest BCUT2D eigenvalue weighted by molar-refractivity contribution is 7.95. The number of hydrogen-bond acceptors (Lipinski definition) is 3. The number of allylic oxidation sites excluding steroid dienone is 1. The fraction of sp³-hybridized carbons (Fsp3) is 0.464. The summed E-state index contributed by atoms with van der Waals surface area (Å²) in [4.78, 5) is 3.89. The Morgan fingerprint density at radius 1 is 1.09 bits per heavy atom. The van der Waals surface area contributed by atoms with E-state index in [9.17, 15) is 8.42 Å². The van der Waals surface area contributed by atoms with Gasteiger partial charge in [0.2, 0.25) is 9.84 Å². The molecule has 5 rings (SSSR count). The smallest absolute Gasteiger partial charge is 0.282 e. The average molecular weight is 462 g/mol. The summed E-state index contributed by atoms with van der Waals surface area (Å²) in [6, 6.07) is 13.4. The molecule has 0 spiro atoms. The van der Waals surface area contributed by atoms with Crippen molar-refractivity contribution in [3.8, 4) is 5.75 Å². The number of methoxy groups -OCH3 is 1. The van der Waals surface area contributed by atoms with Crippen LogP contribution in [0.5, 0.6) is 5.75 Å². The molecule has 0 aliphatic heterocycles. The Morgan fingerprint density at radius 3 is 2.55 bits per heavy atom. The Bertz CT molecular complexity index is 1270. The highest BCUT2D eigenvalue weighted by atomic mass is 32.2. The van der Waals surface area contributed by atoms with Crippen molar-refractivity contribution < 1.29 is 13.2 Å². The molecule has 3 aliphatic carbocycles. The monoisotopic (exact) mass is 461 g/mol. The standard InChI is InChI=1S/C28H31NO3S/c1-18-5-9-21(10-6-18)33(30,31)27(29-3)26-14-13-25-24-11-7-19-17-20(32-4)8-12-22(19)23(24)15-16-28(25,26)2/h5-6,8-10,12,17,23-25H,7,11,13-16H2,1-2,4H3/b27-26-/t23-,24-,25+,28+/m1/s1. The second-order valence-corrected chi connectivity index (χ2v) is 12.1. The van der Waals surface area contributed by atoms with E-state index in [1.165, 1.54) is 11.1 Å². The van der Waals surface area contributed by atoms with Gasteiger partial charge in [0.05, 0.1) is 18.6 Å². The third-order valence-corrected chi connectivity index (χ3v) is 10.4. The van der Waals surface area contributed by atoms with Crippen LogP contribution in [-0.4, -0.2) is 15.5 Å². The van der Waals surface area contributed by atoms with Gasteiger partial charge in [0, 0.05) is 0 Å². The van der Waals surface area contributed by atoms with Gasteiger partial charge < -0.3 is 4.74 Å². The van der Waals surface area contributed by atoms with Crippen LogP contribution >= 0.6 is 0 Å². The summed E-state index contributed by atoms with van der Waals surface area (Å²) < 4.78 is 32.4. The number of nitrogens with zero attached hydrogens (tertiary/aromatic N) is 1. The van der Waals surface area contributed by atoms with Gasteiger partial charge in [0.15, 0.2) is 0 Å². The van der Waals surface area contributed by atoms with Crippen molar-refractivity contribution in [2.24, 2.45) is 17.3 Å². The fourth-order valence-electron chi connectivity index (χ4n) is 6.97. The summed E-state index contributed by atoms with van der Waals surface area (Å²) >= 11 is 0. The lowest BCUT2D eigenvalue weighted by atomic mass is 9.55. The predicted molar refractivity (Wildman–Crippen MR) is 130 cm³/mol. The van der Waals surface area contributed by atoms with Gasteiger partial charge in [-0.25, -0.2) is 13.3 Å². The van der Waals surface area contributed by atoms with E-state index in [1.54, 1.807) is 31.4 Å². The van der Waals surface area contributed by atoms with Crippen LogP contribution < -0.4 is 4.74 Å². The number of rotatable bonds is 3. The third kappa shape index (κ3) is 3.42. The molecule has 0 aromatic heterocycles. The molecular weight excluding hydrogens is 430 g/mol. The molecule has 0 bridgehead atoms. The fourth-order valence-corrected chi connectivity index (χ4v) is 8.47. The van der Waals surface area contributed by atoms with Crippen molar-refractivity contribution in [1.82, 2.24) is 0 Å². The van der Waals surface area contributed by atoms with Crippen molar-refractivity contribution in [3.05, 3.63) is 81.2 Å². The summed E-state index contributed by atoms with van der Waals surface area (Å²) in [6.07, 6.45) is 5.81. The number of benzene rings is 2. The molecule has 5 heteroatoms. The molecule has 0 saturated heterocycles. The summed E-state index contributed by atoms with van der Waals surface area (Å²) in [5.41, 5.74) is 4.51. The van der Waals surface area contributed by atoms with Crippen LogP contribution in [0.25, 0.3) is 4.85 Å². The SMILES string of the molecule is [C-]#[N+]/C(=C1\CC[C@H]2[C@@H]3CCc4cc(OC)ccc4[C@H]3CC[C@]12C)S(=O)(=O)c1ccc(C)cc1. The number of ether oxygens (including phenoxy) is 1. The minimum absolute atomic E-state index is 0.0178. The Hall–Kier alpha value is -2.58. The van der Waals surface area contributed by atoms with Crippen molar-refractivity contribution >= 4 is 9.84 Å². The van der Waals surface area contributed by atoms with Gasteiger partial charge in [0.1, 0.15) is 5.75 Å². The van der Waals surface area contributed by atoms with Crippen molar-refractivity contribution in [2.75, 3.05) is 7.11 Å². The molecular formula is C28H31NO3S. The zero-order chi connectivity index (χ0) is 23.4. The lowest BCUT2D eigenvalue weighted by Gasteiger charge is -2.50. The number of hydrogen-bond donors (Lipinski definition) is 0. The summed E-state index contributed by atoms with van der Waals surface area (Å²) in [6.45, 7) is 12.0. The van der Waals surface area contributed by atoms with E-state index >= 15 is 0 Å². The Kier molecular flexibility index (Phi) is 5.40. The molecule has 0 radical (unpaired) electrons. The molecule has 0 amide bonds. The van der Waals surface area contributed by atoms with Crippen molar-refractivity contribution in [1.29, 1.82) is 0 Å². The van der Waals surface area contributed by atoms with E-state index in [0.29, 0.717) is 24.2 Å². The van der Waals surface area contributed by atoms with Gasteiger partial charge in [0.25, 0.3) is 5.03 Å². The molecule has 4 nitrogen and oxygen atoms in total. The molecule has 33 heavy (non-hydrogen) atoms.